The number of benzene rings is 2. The van der Waals surface area contributed by atoms with E-state index in [-0.39, 0.29) is 29.9 Å². The maximum atomic E-state index is 12.8. The molecule has 2 N–H and O–H groups in total. The zero-order valence-corrected chi connectivity index (χ0v) is 24.7. The molecule has 8 nitrogen and oxygen atoms in total. The Labute approximate surface area is 237 Å². The molecule has 40 heavy (non-hydrogen) atoms. The van der Waals surface area contributed by atoms with Crippen LogP contribution < -0.4 is 4.74 Å². The van der Waals surface area contributed by atoms with Gasteiger partial charge in [0.25, 0.3) is 0 Å². The van der Waals surface area contributed by atoms with E-state index < -0.39 is 20.3 Å². The molecule has 218 valence electrons. The monoisotopic (exact) mass is 572 g/mol. The lowest BCUT2D eigenvalue weighted by atomic mass is 9.73. The van der Waals surface area contributed by atoms with Gasteiger partial charge in [0.05, 0.1) is 6.61 Å². The molecular weight excluding hydrogens is 531 g/mol. The van der Waals surface area contributed by atoms with E-state index in [2.05, 4.69) is 19.6 Å². The maximum Gasteiger partial charge on any atom is 0.516 e. The minimum atomic E-state index is -4.53. The van der Waals surface area contributed by atoms with Gasteiger partial charge in [-0.25, -0.2) is 13.9 Å². The van der Waals surface area contributed by atoms with E-state index >= 15 is 0 Å². The van der Waals surface area contributed by atoms with E-state index in [1.807, 2.05) is 19.9 Å². The molecule has 0 fully saturated rings. The summed E-state index contributed by atoms with van der Waals surface area (Å²) < 4.78 is 33.2. The molecule has 0 aliphatic heterocycles. The predicted octanol–water partition coefficient (Wildman–Crippen LogP) is 8.34. The number of aryl methyl sites for hydroxylation is 1. The van der Waals surface area contributed by atoms with Crippen LogP contribution in [0, 0.1) is 5.92 Å². The first kappa shape index (κ1) is 31.6. The van der Waals surface area contributed by atoms with Crippen LogP contribution in [0.25, 0.3) is 0 Å². The summed E-state index contributed by atoms with van der Waals surface area (Å²) in [5.74, 6) is 0.0375. The van der Waals surface area contributed by atoms with Crippen LogP contribution in [0.1, 0.15) is 82.4 Å². The van der Waals surface area contributed by atoms with E-state index in [1.165, 1.54) is 12.5 Å². The van der Waals surface area contributed by atoms with E-state index in [0.717, 1.165) is 43.2 Å². The van der Waals surface area contributed by atoms with Crippen LogP contribution in [0.5, 0.6) is 11.5 Å². The lowest BCUT2D eigenvalue weighted by Crippen LogP contribution is -2.22. The van der Waals surface area contributed by atoms with Crippen molar-refractivity contribution in [3.8, 4) is 11.5 Å². The summed E-state index contributed by atoms with van der Waals surface area (Å²) in [7, 11) is -4.53. The van der Waals surface area contributed by atoms with Gasteiger partial charge in [-0.3, -0.25) is 4.52 Å². The number of aromatic hydroxyl groups is 1. The van der Waals surface area contributed by atoms with Crippen molar-refractivity contribution in [3.63, 3.8) is 0 Å². The standard InChI is InChI=1S/C31H41O8P/c1-6-7-9-14-25-18-28(32)30(27-17-22(4)15-16-26(27)21(2)3)29(19-25)38-31(33)37-23(5)39-40(34,35)36-20-24-12-10-8-11-13-24/h8,10-13,17-19,23,26-27,32H,2,6-7,9,14-16,20H2,1,3-5H3,(H,34,35)/t23?,26-,27+/m0/s1. The molecule has 3 rings (SSSR count). The third-order valence-corrected chi connectivity index (χ3v) is 7.96. The van der Waals surface area contributed by atoms with Crippen molar-refractivity contribution in [1.29, 1.82) is 0 Å². The van der Waals surface area contributed by atoms with Gasteiger partial charge in [0, 0.05) is 11.5 Å². The molecule has 0 amide bonds. The van der Waals surface area contributed by atoms with E-state index in [0.29, 0.717) is 17.5 Å². The molecule has 0 saturated heterocycles. The highest BCUT2D eigenvalue weighted by molar-refractivity contribution is 7.47. The van der Waals surface area contributed by atoms with Crippen LogP contribution in [0.4, 0.5) is 4.79 Å². The molecule has 0 heterocycles. The van der Waals surface area contributed by atoms with E-state index in [9.17, 15) is 19.4 Å². The lowest BCUT2D eigenvalue weighted by Gasteiger charge is -2.32. The molecule has 1 aliphatic rings. The Morgan fingerprint density at radius 2 is 1.90 bits per heavy atom. The molecule has 0 saturated carbocycles. The number of phosphoric acid groups is 1. The summed E-state index contributed by atoms with van der Waals surface area (Å²) in [5.41, 5.74) is 4.15. The second-order valence-corrected chi connectivity index (χ2v) is 11.8. The summed E-state index contributed by atoms with van der Waals surface area (Å²) in [6.45, 7) is 11.4. The zero-order valence-electron chi connectivity index (χ0n) is 23.8. The second-order valence-electron chi connectivity index (χ2n) is 10.4. The van der Waals surface area contributed by atoms with Crippen LogP contribution >= 0.6 is 7.82 Å². The van der Waals surface area contributed by atoms with Crippen molar-refractivity contribution in [2.45, 2.75) is 85.0 Å². The topological polar surface area (TPSA) is 112 Å². The van der Waals surface area contributed by atoms with Crippen LogP contribution in [0.3, 0.4) is 0 Å². The smallest absolute Gasteiger partial charge is 0.507 e. The first-order chi connectivity index (χ1) is 19.0. The molecule has 0 spiro atoms. The Kier molecular flexibility index (Phi) is 11.6. The third kappa shape index (κ3) is 9.34. The van der Waals surface area contributed by atoms with Gasteiger partial charge in [-0.2, -0.15) is 0 Å². The van der Waals surface area contributed by atoms with Gasteiger partial charge in [-0.1, -0.05) is 73.9 Å². The Balaban J connectivity index is 1.78. The number of hydrogen-bond acceptors (Lipinski definition) is 7. The van der Waals surface area contributed by atoms with Crippen LogP contribution in [-0.4, -0.2) is 22.4 Å². The molecule has 2 aromatic rings. The van der Waals surface area contributed by atoms with Gasteiger partial charge in [0.15, 0.2) is 0 Å². The highest BCUT2D eigenvalue weighted by Crippen LogP contribution is 2.48. The number of carbonyl (C=O) groups excluding carboxylic acids is 1. The summed E-state index contributed by atoms with van der Waals surface area (Å²) in [5, 5.41) is 11.2. The number of rotatable bonds is 13. The van der Waals surface area contributed by atoms with Crippen molar-refractivity contribution in [3.05, 3.63) is 83.0 Å². The van der Waals surface area contributed by atoms with Crippen molar-refractivity contribution >= 4 is 14.0 Å². The van der Waals surface area contributed by atoms with Crippen LogP contribution in [-0.2, 0) is 31.4 Å². The Hall–Kier alpha value is -2.90. The highest BCUT2D eigenvalue weighted by atomic mass is 31.2. The largest absolute Gasteiger partial charge is 0.516 e. The number of hydrogen-bond donors (Lipinski definition) is 2. The van der Waals surface area contributed by atoms with Crippen LogP contribution in [0.2, 0.25) is 0 Å². The van der Waals surface area contributed by atoms with Crippen molar-refractivity contribution in [2.75, 3.05) is 0 Å². The normalized spacial score (nSPS) is 19.3. The lowest BCUT2D eigenvalue weighted by molar-refractivity contribution is -0.0553. The first-order valence-corrected chi connectivity index (χ1v) is 15.2. The number of ether oxygens (including phenoxy) is 2. The molecule has 1 aliphatic carbocycles. The number of allylic oxidation sites excluding steroid dienone is 3. The minimum absolute atomic E-state index is 0.0393. The molecule has 0 radical (unpaired) electrons. The third-order valence-electron chi connectivity index (χ3n) is 6.94. The van der Waals surface area contributed by atoms with Gasteiger partial charge >= 0.3 is 14.0 Å². The molecule has 0 bridgehead atoms. The minimum Gasteiger partial charge on any atom is -0.507 e. The SMILES string of the molecule is C=C(C)[C@@H]1CCC(C)=C[C@H]1c1c(O)cc(CCCCC)cc1OC(=O)OC(C)OP(=O)(O)OCc1ccccc1. The fourth-order valence-corrected chi connectivity index (χ4v) is 5.73. The number of phenols is 1. The maximum absolute atomic E-state index is 12.8. The van der Waals surface area contributed by atoms with Gasteiger partial charge < -0.3 is 19.5 Å². The molecule has 9 heteroatoms. The van der Waals surface area contributed by atoms with E-state index in [4.69, 9.17) is 18.5 Å². The summed E-state index contributed by atoms with van der Waals surface area (Å²) >= 11 is 0. The van der Waals surface area contributed by atoms with Crippen molar-refractivity contribution < 1.29 is 37.9 Å². The van der Waals surface area contributed by atoms with Gasteiger partial charge in [0.2, 0.25) is 6.29 Å². The van der Waals surface area contributed by atoms with Crippen molar-refractivity contribution in [1.82, 2.24) is 0 Å². The summed E-state index contributed by atoms with van der Waals surface area (Å²) in [6, 6.07) is 12.3. The van der Waals surface area contributed by atoms with Gasteiger partial charge in [-0.15, -0.1) is 0 Å². The Morgan fingerprint density at radius 1 is 1.18 bits per heavy atom. The number of unbranched alkanes of at least 4 members (excludes halogenated alkanes) is 2. The second kappa shape index (κ2) is 14.6. The Morgan fingerprint density at radius 3 is 2.58 bits per heavy atom. The average molecular weight is 573 g/mol. The summed E-state index contributed by atoms with van der Waals surface area (Å²) in [6.07, 6.45) is 5.02. The quantitative estimate of drug-likeness (QED) is 0.0615. The molecular formula is C31H41O8P. The van der Waals surface area contributed by atoms with E-state index in [1.54, 1.807) is 36.4 Å². The van der Waals surface area contributed by atoms with Gasteiger partial charge in [0.1, 0.15) is 11.5 Å². The number of carbonyl (C=O) groups is 1. The fraction of sp³-hybridized carbons (Fsp3) is 0.452. The fourth-order valence-electron chi connectivity index (χ4n) is 4.94. The molecule has 0 aromatic heterocycles. The Bertz CT molecular complexity index is 1240. The average Bonchev–Trinajstić information content (AvgIpc) is 2.87. The number of phosphoric ester groups is 1. The molecule has 4 atom stereocenters. The summed E-state index contributed by atoms with van der Waals surface area (Å²) in [4.78, 5) is 22.9. The number of phenolic OH excluding ortho intramolecular Hbond substituents is 1. The molecule has 2 unspecified atom stereocenters. The first-order valence-electron chi connectivity index (χ1n) is 13.8. The van der Waals surface area contributed by atoms with Gasteiger partial charge in [-0.05, 0) is 75.6 Å². The molecule has 2 aromatic carbocycles. The highest BCUT2D eigenvalue weighted by Gasteiger charge is 2.32. The van der Waals surface area contributed by atoms with Crippen LogP contribution in [0.15, 0.2) is 66.3 Å². The zero-order chi connectivity index (χ0) is 29.3. The predicted molar refractivity (Wildman–Crippen MR) is 154 cm³/mol. The van der Waals surface area contributed by atoms with Crippen molar-refractivity contribution in [2.24, 2.45) is 5.92 Å².